The number of nitrogens with two attached hydrogens (primary N) is 1. The van der Waals surface area contributed by atoms with E-state index in [1.54, 1.807) is 36.1 Å². The van der Waals surface area contributed by atoms with Gasteiger partial charge in [-0.1, -0.05) is 11.3 Å². The first-order valence-corrected chi connectivity index (χ1v) is 14.9. The Labute approximate surface area is 246 Å². The van der Waals surface area contributed by atoms with Gasteiger partial charge < -0.3 is 15.6 Å². The van der Waals surface area contributed by atoms with Gasteiger partial charge in [-0.2, -0.15) is 5.10 Å². The molecule has 0 unspecified atom stereocenters. The molecule has 1 atom stereocenters. The van der Waals surface area contributed by atoms with Gasteiger partial charge in [0.15, 0.2) is 0 Å². The molecule has 10 nitrogen and oxygen atoms in total. The van der Waals surface area contributed by atoms with E-state index in [-0.39, 0.29) is 24.5 Å². The summed E-state index contributed by atoms with van der Waals surface area (Å²) in [6, 6.07) is 6.10. The van der Waals surface area contributed by atoms with Crippen LogP contribution in [-0.2, 0) is 16.9 Å². The first-order chi connectivity index (χ1) is 19.9. The molecular formula is C30H36FN5O5S. The van der Waals surface area contributed by atoms with Crippen molar-refractivity contribution in [3.8, 4) is 10.8 Å². The summed E-state index contributed by atoms with van der Waals surface area (Å²) < 4.78 is 24.4. The summed E-state index contributed by atoms with van der Waals surface area (Å²) in [6.45, 7) is 4.78. The van der Waals surface area contributed by atoms with Gasteiger partial charge in [-0.05, 0) is 83.1 Å². The Balaban J connectivity index is 1.75. The van der Waals surface area contributed by atoms with Gasteiger partial charge in [-0.15, -0.1) is 0 Å². The van der Waals surface area contributed by atoms with Crippen LogP contribution in [0.25, 0.3) is 15.2 Å². The first kappa shape index (κ1) is 29.7. The van der Waals surface area contributed by atoms with Crippen LogP contribution in [0.15, 0.2) is 46.2 Å². The van der Waals surface area contributed by atoms with Crippen molar-refractivity contribution in [3.05, 3.63) is 74.4 Å². The predicted molar refractivity (Wildman–Crippen MR) is 159 cm³/mol. The topological polar surface area (TPSA) is 134 Å². The molecule has 1 aliphatic rings. The van der Waals surface area contributed by atoms with E-state index in [0.717, 1.165) is 17.4 Å². The lowest BCUT2D eigenvalue weighted by atomic mass is 9.79. The lowest BCUT2D eigenvalue weighted by Gasteiger charge is -2.30. The van der Waals surface area contributed by atoms with Gasteiger partial charge in [0.2, 0.25) is 5.91 Å². The molecule has 0 saturated heterocycles. The third-order valence-electron chi connectivity index (χ3n) is 8.53. The summed E-state index contributed by atoms with van der Waals surface area (Å²) >= 11 is 1.26. The van der Waals surface area contributed by atoms with Crippen LogP contribution in [-0.4, -0.2) is 43.1 Å². The van der Waals surface area contributed by atoms with Gasteiger partial charge in [0.05, 0.1) is 18.6 Å². The number of methoxy groups -OCH3 is 1. The number of rotatable bonds is 9. The van der Waals surface area contributed by atoms with E-state index in [1.165, 1.54) is 49.0 Å². The molecule has 0 aliphatic heterocycles. The summed E-state index contributed by atoms with van der Waals surface area (Å²) in [5, 5.41) is 15.4. The molecule has 12 heteroatoms. The van der Waals surface area contributed by atoms with Crippen LogP contribution in [0.1, 0.15) is 63.0 Å². The number of amides is 1. The number of hydrogen-bond acceptors (Lipinski definition) is 7. The predicted octanol–water partition coefficient (Wildman–Crippen LogP) is 3.81. The summed E-state index contributed by atoms with van der Waals surface area (Å²) in [5.74, 6) is -0.908. The summed E-state index contributed by atoms with van der Waals surface area (Å²) in [6.07, 6.45) is 6.61. The van der Waals surface area contributed by atoms with Crippen LogP contribution in [0.5, 0.6) is 5.75 Å². The molecule has 1 fully saturated rings. The standard InChI is InChI=1S/C30H36FN5O5S/c1-17-24-25(38)36(30(2,3)28(32)39)29(40)34(27(24)42-26(17)35-13-5-12-33-35)16-19(14-18-6-9-21(37)10-7-18)22-15-20(31)8-11-23(22)41-4/h5,8,11-13,15,18-19,21,37H,6-7,9-10,14,16H2,1-4H3,(H2,32,39)/t18-,19-,21+/m0/s1. The van der Waals surface area contributed by atoms with Crippen LogP contribution in [0.2, 0.25) is 0 Å². The van der Waals surface area contributed by atoms with Crippen molar-refractivity contribution in [2.24, 2.45) is 11.7 Å². The maximum Gasteiger partial charge on any atom is 0.333 e. The number of aromatic nitrogens is 4. The number of primary amides is 1. The van der Waals surface area contributed by atoms with Gasteiger partial charge in [-0.3, -0.25) is 14.2 Å². The highest BCUT2D eigenvalue weighted by molar-refractivity contribution is 7.21. The lowest BCUT2D eigenvalue weighted by molar-refractivity contribution is -0.125. The fourth-order valence-electron chi connectivity index (χ4n) is 6.03. The van der Waals surface area contributed by atoms with Crippen molar-refractivity contribution in [3.63, 3.8) is 0 Å². The number of thiophene rings is 1. The fourth-order valence-corrected chi connectivity index (χ4v) is 7.28. The summed E-state index contributed by atoms with van der Waals surface area (Å²) in [5.41, 5.74) is 4.03. The number of fused-ring (bicyclic) bond motifs is 1. The number of aliphatic hydroxyl groups excluding tert-OH is 1. The lowest BCUT2D eigenvalue weighted by Crippen LogP contribution is -2.54. The molecule has 1 aromatic carbocycles. The molecule has 42 heavy (non-hydrogen) atoms. The van der Waals surface area contributed by atoms with E-state index in [0.29, 0.717) is 51.4 Å². The molecule has 3 heterocycles. The Morgan fingerprint density at radius 2 is 1.98 bits per heavy atom. The summed E-state index contributed by atoms with van der Waals surface area (Å²) in [4.78, 5) is 41.1. The zero-order chi connectivity index (χ0) is 30.3. The van der Waals surface area contributed by atoms with E-state index >= 15 is 0 Å². The fraction of sp³-hybridized carbons (Fsp3) is 0.467. The van der Waals surface area contributed by atoms with Gasteiger partial charge >= 0.3 is 5.69 Å². The second kappa shape index (κ2) is 11.5. The summed E-state index contributed by atoms with van der Waals surface area (Å²) in [7, 11) is 1.52. The van der Waals surface area contributed by atoms with Crippen molar-refractivity contribution in [2.75, 3.05) is 7.11 Å². The highest BCUT2D eigenvalue weighted by Crippen LogP contribution is 2.39. The maximum absolute atomic E-state index is 14.7. The largest absolute Gasteiger partial charge is 0.496 e. The van der Waals surface area contributed by atoms with Crippen molar-refractivity contribution >= 4 is 27.5 Å². The Morgan fingerprint density at radius 3 is 2.60 bits per heavy atom. The van der Waals surface area contributed by atoms with Crippen molar-refractivity contribution in [1.82, 2.24) is 18.9 Å². The minimum Gasteiger partial charge on any atom is -0.496 e. The van der Waals surface area contributed by atoms with Gasteiger partial charge in [0.25, 0.3) is 5.56 Å². The third-order valence-corrected chi connectivity index (χ3v) is 9.83. The zero-order valence-electron chi connectivity index (χ0n) is 24.2. The van der Waals surface area contributed by atoms with E-state index < -0.39 is 28.5 Å². The second-order valence-corrected chi connectivity index (χ2v) is 12.6. The number of ether oxygens (including phenoxy) is 1. The molecule has 0 bridgehead atoms. The zero-order valence-corrected chi connectivity index (χ0v) is 25.0. The SMILES string of the molecule is COc1ccc(F)cc1[C@H](Cn1c(=O)n(C(C)(C)C(N)=O)c(=O)c2c(C)c(-n3cccn3)sc21)C[C@H]1CC[C@@H](O)CC1. The molecule has 3 aromatic heterocycles. The number of benzene rings is 1. The average molecular weight is 598 g/mol. The van der Waals surface area contributed by atoms with Crippen LogP contribution in [0, 0.1) is 18.7 Å². The highest BCUT2D eigenvalue weighted by Gasteiger charge is 2.35. The number of halogens is 1. The molecule has 0 spiro atoms. The minimum absolute atomic E-state index is 0.0990. The molecule has 1 saturated carbocycles. The monoisotopic (exact) mass is 597 g/mol. The molecule has 0 radical (unpaired) electrons. The molecule has 5 rings (SSSR count). The van der Waals surface area contributed by atoms with Gasteiger partial charge in [0.1, 0.15) is 26.9 Å². The Morgan fingerprint density at radius 1 is 1.26 bits per heavy atom. The maximum atomic E-state index is 14.7. The smallest absolute Gasteiger partial charge is 0.333 e. The number of aliphatic hydroxyl groups is 1. The molecule has 3 N–H and O–H groups in total. The van der Waals surface area contributed by atoms with Gasteiger partial charge in [0, 0.05) is 36.0 Å². The number of nitrogens with zero attached hydrogens (tertiary/aromatic N) is 4. The molecule has 1 amide bonds. The van der Waals surface area contributed by atoms with Crippen LogP contribution in [0.4, 0.5) is 4.39 Å². The van der Waals surface area contributed by atoms with E-state index in [2.05, 4.69) is 5.10 Å². The number of aryl methyl sites for hydroxylation is 1. The van der Waals surface area contributed by atoms with Crippen LogP contribution in [0.3, 0.4) is 0 Å². The van der Waals surface area contributed by atoms with E-state index in [1.807, 2.05) is 0 Å². The average Bonchev–Trinajstić information content (AvgIpc) is 3.59. The quantitative estimate of drug-likeness (QED) is 0.301. The van der Waals surface area contributed by atoms with E-state index in [9.17, 15) is 23.9 Å². The first-order valence-electron chi connectivity index (χ1n) is 14.0. The Hall–Kier alpha value is -3.77. The van der Waals surface area contributed by atoms with Crippen molar-refractivity contribution in [2.45, 2.75) is 77.0 Å². The normalized spacial score (nSPS) is 18.3. The van der Waals surface area contributed by atoms with Crippen LogP contribution < -0.4 is 21.7 Å². The van der Waals surface area contributed by atoms with Gasteiger partial charge in [-0.25, -0.2) is 18.4 Å². The van der Waals surface area contributed by atoms with Crippen molar-refractivity contribution in [1.29, 1.82) is 0 Å². The molecule has 224 valence electrons. The number of hydrogen-bond donors (Lipinski definition) is 2. The number of carbonyl (C=O) groups is 1. The molecule has 4 aromatic rings. The van der Waals surface area contributed by atoms with Crippen molar-refractivity contribution < 1.29 is 19.0 Å². The van der Waals surface area contributed by atoms with E-state index in [4.69, 9.17) is 10.5 Å². The molecular weight excluding hydrogens is 561 g/mol. The Kier molecular flexibility index (Phi) is 8.13. The van der Waals surface area contributed by atoms with Crippen LogP contribution >= 0.6 is 11.3 Å². The minimum atomic E-state index is -1.62. The highest BCUT2D eigenvalue weighted by atomic mass is 32.1. The molecule has 1 aliphatic carbocycles. The Bertz CT molecular complexity index is 1730. The third kappa shape index (κ3) is 5.29. The number of carbonyl (C=O) groups excluding carboxylic acids is 1. The second-order valence-electron chi connectivity index (χ2n) is 11.6.